The molecule has 2 fully saturated rings. The molecule has 1 spiro atoms. The summed E-state index contributed by atoms with van der Waals surface area (Å²) < 4.78 is 4.77. The second-order valence-electron chi connectivity index (χ2n) is 11.9. The van der Waals surface area contributed by atoms with Crippen molar-refractivity contribution in [1.29, 1.82) is 0 Å². The highest BCUT2D eigenvalue weighted by molar-refractivity contribution is 8.02. The van der Waals surface area contributed by atoms with Gasteiger partial charge in [-0.25, -0.2) is 0 Å². The number of amides is 3. The van der Waals surface area contributed by atoms with Gasteiger partial charge in [0.05, 0.1) is 23.2 Å². The van der Waals surface area contributed by atoms with Crippen LogP contribution in [0.2, 0.25) is 0 Å². The van der Waals surface area contributed by atoms with Gasteiger partial charge in [0.25, 0.3) is 0 Å². The first-order chi connectivity index (χ1) is 21.5. The molecule has 2 saturated heterocycles. The van der Waals surface area contributed by atoms with E-state index in [9.17, 15) is 19.5 Å². The molecule has 4 aliphatic rings. The van der Waals surface area contributed by atoms with Crippen LogP contribution < -0.4 is 9.64 Å². The fourth-order valence-corrected chi connectivity index (χ4v) is 9.24. The van der Waals surface area contributed by atoms with E-state index in [1.807, 2.05) is 78.6 Å². The Morgan fingerprint density at radius 2 is 1.68 bits per heavy atom. The van der Waals surface area contributed by atoms with Crippen LogP contribution in [0.15, 0.2) is 78.9 Å². The Kier molecular flexibility index (Phi) is 9.14. The van der Waals surface area contributed by atoms with Gasteiger partial charge in [0.1, 0.15) is 11.8 Å². The third-order valence-electron chi connectivity index (χ3n) is 9.22. The molecule has 2 aromatic rings. The molecule has 44 heavy (non-hydrogen) atoms. The van der Waals surface area contributed by atoms with Crippen molar-refractivity contribution in [3.8, 4) is 5.75 Å². The molecule has 5 atom stereocenters. The molecule has 0 aliphatic carbocycles. The standard InChI is InChI=1S/C35H41N3O5S/c1-2-43-27-17-15-26(16-18-27)37-22-10-14-28-29(32(37)40)30-33(41)38(21-8-3-4-9-23-39)31-34(42)36(20-11-19-35(30,31)44-28)24-25-12-6-5-7-13-25/h5-7,10-19,28-31,39H,2-4,8-9,20-24H2,1H3/t28-,29+,30+,31?,35+/m1/s1. The molecular weight excluding hydrogens is 574 g/mol. The van der Waals surface area contributed by atoms with Gasteiger partial charge in [0.15, 0.2) is 0 Å². The van der Waals surface area contributed by atoms with Crippen molar-refractivity contribution >= 4 is 35.2 Å². The summed E-state index contributed by atoms with van der Waals surface area (Å²) in [5, 5.41) is 9.01. The molecule has 0 saturated carbocycles. The van der Waals surface area contributed by atoms with E-state index in [0.29, 0.717) is 32.8 Å². The topological polar surface area (TPSA) is 90.4 Å². The Morgan fingerprint density at radius 1 is 0.909 bits per heavy atom. The molecular formula is C35H41N3O5S. The third kappa shape index (κ3) is 5.56. The van der Waals surface area contributed by atoms with E-state index in [4.69, 9.17) is 4.74 Å². The predicted octanol–water partition coefficient (Wildman–Crippen LogP) is 4.44. The quantitative estimate of drug-likeness (QED) is 0.297. The van der Waals surface area contributed by atoms with Crippen molar-refractivity contribution in [3.05, 3.63) is 84.5 Å². The summed E-state index contributed by atoms with van der Waals surface area (Å²) in [7, 11) is 0. The second-order valence-corrected chi connectivity index (χ2v) is 13.4. The fourth-order valence-electron chi connectivity index (χ4n) is 7.24. The molecule has 3 amide bonds. The summed E-state index contributed by atoms with van der Waals surface area (Å²) in [5.74, 6) is -0.731. The second kappa shape index (κ2) is 13.2. The van der Waals surface area contributed by atoms with E-state index in [1.165, 1.54) is 0 Å². The average molecular weight is 616 g/mol. The molecule has 6 rings (SSSR count). The number of aliphatic hydroxyl groups is 1. The lowest BCUT2D eigenvalue weighted by atomic mass is 9.78. The predicted molar refractivity (Wildman–Crippen MR) is 172 cm³/mol. The fraction of sp³-hybridized carbons (Fsp3) is 0.457. The van der Waals surface area contributed by atoms with Gasteiger partial charge in [-0.15, -0.1) is 11.8 Å². The average Bonchev–Trinajstić information content (AvgIpc) is 3.35. The van der Waals surface area contributed by atoms with Gasteiger partial charge >= 0.3 is 0 Å². The van der Waals surface area contributed by atoms with Crippen molar-refractivity contribution in [2.45, 2.75) is 55.2 Å². The Labute approximate surface area is 263 Å². The van der Waals surface area contributed by atoms with Gasteiger partial charge in [0.2, 0.25) is 17.7 Å². The van der Waals surface area contributed by atoms with Crippen LogP contribution in [0.1, 0.15) is 38.2 Å². The van der Waals surface area contributed by atoms with Gasteiger partial charge < -0.3 is 24.5 Å². The minimum Gasteiger partial charge on any atom is -0.494 e. The van der Waals surface area contributed by atoms with E-state index >= 15 is 0 Å². The molecule has 4 heterocycles. The minimum atomic E-state index is -0.831. The normalized spacial score (nSPS) is 27.7. The molecule has 9 heteroatoms. The van der Waals surface area contributed by atoms with E-state index < -0.39 is 22.6 Å². The summed E-state index contributed by atoms with van der Waals surface area (Å²) in [5.41, 5.74) is 1.80. The molecule has 232 valence electrons. The Hall–Kier alpha value is -3.56. The van der Waals surface area contributed by atoms with Crippen LogP contribution in [0.3, 0.4) is 0 Å². The number of hydrogen-bond donors (Lipinski definition) is 1. The summed E-state index contributed by atoms with van der Waals surface area (Å²) >= 11 is 1.62. The third-order valence-corrected chi connectivity index (χ3v) is 11.0. The molecule has 0 radical (unpaired) electrons. The first-order valence-corrected chi connectivity index (χ1v) is 16.7. The van der Waals surface area contributed by atoms with E-state index in [1.54, 1.807) is 21.6 Å². The molecule has 0 aromatic heterocycles. The number of aliphatic hydroxyl groups excluding tert-OH is 1. The highest BCUT2D eigenvalue weighted by atomic mass is 32.2. The lowest BCUT2D eigenvalue weighted by molar-refractivity contribution is -0.143. The van der Waals surface area contributed by atoms with Crippen molar-refractivity contribution in [3.63, 3.8) is 0 Å². The van der Waals surface area contributed by atoms with Crippen LogP contribution in [0, 0.1) is 11.8 Å². The number of unbranched alkanes of at least 4 members (excludes halogenated alkanes) is 3. The molecule has 1 unspecified atom stereocenters. The molecule has 8 nitrogen and oxygen atoms in total. The summed E-state index contributed by atoms with van der Waals surface area (Å²) in [6.45, 7) is 4.43. The van der Waals surface area contributed by atoms with Crippen LogP contribution >= 0.6 is 11.8 Å². The smallest absolute Gasteiger partial charge is 0.247 e. The first-order valence-electron chi connectivity index (χ1n) is 15.8. The van der Waals surface area contributed by atoms with Crippen molar-refractivity contribution in [1.82, 2.24) is 9.80 Å². The minimum absolute atomic E-state index is 0.0613. The molecule has 0 bridgehead atoms. The van der Waals surface area contributed by atoms with Crippen LogP contribution in [-0.4, -0.2) is 81.5 Å². The summed E-state index contributed by atoms with van der Waals surface area (Å²) in [6, 6.07) is 16.8. The largest absolute Gasteiger partial charge is 0.494 e. The zero-order valence-electron chi connectivity index (χ0n) is 25.2. The van der Waals surface area contributed by atoms with Crippen molar-refractivity contribution in [2.24, 2.45) is 11.8 Å². The van der Waals surface area contributed by atoms with Gasteiger partial charge in [-0.05, 0) is 49.6 Å². The monoisotopic (exact) mass is 615 g/mol. The maximum Gasteiger partial charge on any atom is 0.247 e. The maximum atomic E-state index is 14.5. The highest BCUT2D eigenvalue weighted by Crippen LogP contribution is 2.61. The number of rotatable bonds is 11. The van der Waals surface area contributed by atoms with Crippen LogP contribution in [0.5, 0.6) is 5.75 Å². The highest BCUT2D eigenvalue weighted by Gasteiger charge is 2.70. The lowest BCUT2D eigenvalue weighted by Gasteiger charge is -2.35. The number of hydrogen-bond acceptors (Lipinski definition) is 6. The Balaban J connectivity index is 1.33. The maximum absolute atomic E-state index is 14.5. The van der Waals surface area contributed by atoms with Crippen LogP contribution in [-0.2, 0) is 20.9 Å². The Morgan fingerprint density at radius 3 is 2.43 bits per heavy atom. The van der Waals surface area contributed by atoms with Gasteiger partial charge in [0, 0.05) is 43.7 Å². The molecule has 4 aliphatic heterocycles. The number of thioether (sulfide) groups is 1. The number of carbonyl (C=O) groups excluding carboxylic acids is 3. The van der Waals surface area contributed by atoms with Crippen molar-refractivity contribution in [2.75, 3.05) is 37.7 Å². The first kappa shape index (κ1) is 30.5. The van der Waals surface area contributed by atoms with E-state index in [0.717, 1.165) is 42.7 Å². The SMILES string of the molecule is CCOc1ccc(N2CC=C[C@H]3S[C@]45C=CCN(Cc6ccccc6)C(=O)C4N(CCCCCCO)C(=O)[C@@H]5[C@H]3C2=O)cc1. The zero-order valence-corrected chi connectivity index (χ0v) is 26.0. The van der Waals surface area contributed by atoms with Crippen LogP contribution in [0.4, 0.5) is 5.69 Å². The number of nitrogens with zero attached hydrogens (tertiary/aromatic N) is 3. The molecule has 1 N–H and O–H groups in total. The number of benzene rings is 2. The number of anilines is 1. The number of ether oxygens (including phenoxy) is 1. The number of carbonyl (C=O) groups is 3. The Bertz CT molecular complexity index is 1410. The number of fused-ring (bicyclic) bond motifs is 2. The zero-order chi connectivity index (χ0) is 30.7. The van der Waals surface area contributed by atoms with Gasteiger partial charge in [-0.1, -0.05) is 67.5 Å². The van der Waals surface area contributed by atoms with Gasteiger partial charge in [-0.3, -0.25) is 14.4 Å². The van der Waals surface area contributed by atoms with E-state index in [-0.39, 0.29) is 29.6 Å². The summed E-state index contributed by atoms with van der Waals surface area (Å²) in [6.07, 6.45) is 11.4. The summed E-state index contributed by atoms with van der Waals surface area (Å²) in [4.78, 5) is 48.9. The van der Waals surface area contributed by atoms with Crippen molar-refractivity contribution < 1.29 is 24.2 Å². The van der Waals surface area contributed by atoms with Gasteiger partial charge in [-0.2, -0.15) is 0 Å². The van der Waals surface area contributed by atoms with Crippen LogP contribution in [0.25, 0.3) is 0 Å². The van der Waals surface area contributed by atoms with E-state index in [2.05, 4.69) is 12.2 Å². The lowest BCUT2D eigenvalue weighted by Crippen LogP contribution is -2.53. The number of likely N-dealkylation sites (tertiary alicyclic amines) is 1. The molecule has 2 aromatic carbocycles.